The lowest BCUT2D eigenvalue weighted by molar-refractivity contribution is 0.388. The molecule has 15 heavy (non-hydrogen) atoms. The molecule has 3 nitrogen and oxygen atoms in total. The van der Waals surface area contributed by atoms with Gasteiger partial charge in [-0.05, 0) is 25.7 Å². The van der Waals surface area contributed by atoms with E-state index in [4.69, 9.17) is 11.6 Å². The summed E-state index contributed by atoms with van der Waals surface area (Å²) < 4.78 is 0. The molecule has 1 fully saturated rings. The van der Waals surface area contributed by atoms with Gasteiger partial charge in [0.2, 0.25) is 0 Å². The molecular formula is C11H16ClN3. The fraction of sp³-hybridized carbons (Fsp3) is 0.636. The molecule has 4 heteroatoms. The van der Waals surface area contributed by atoms with Gasteiger partial charge in [0.15, 0.2) is 0 Å². The number of rotatable bonds is 1. The number of hydrogen-bond donors (Lipinski definition) is 0. The van der Waals surface area contributed by atoms with Gasteiger partial charge in [-0.25, -0.2) is 4.98 Å². The molecule has 1 aromatic heterocycles. The van der Waals surface area contributed by atoms with Crippen molar-refractivity contribution in [2.24, 2.45) is 5.92 Å². The van der Waals surface area contributed by atoms with Crippen LogP contribution in [0.2, 0.25) is 5.15 Å². The summed E-state index contributed by atoms with van der Waals surface area (Å²) in [4.78, 5) is 10.7. The molecule has 1 aliphatic heterocycles. The molecule has 0 aliphatic carbocycles. The Morgan fingerprint density at radius 3 is 2.87 bits per heavy atom. The predicted octanol–water partition coefficient (Wildman–Crippen LogP) is 2.75. The minimum absolute atomic E-state index is 0.470. The molecular weight excluding hydrogens is 210 g/mol. The van der Waals surface area contributed by atoms with Crippen LogP contribution in [0.5, 0.6) is 0 Å². The van der Waals surface area contributed by atoms with E-state index in [-0.39, 0.29) is 0 Å². The second-order valence-electron chi connectivity index (χ2n) is 4.38. The average Bonchev–Trinajstić information content (AvgIpc) is 2.22. The first-order valence-corrected chi connectivity index (χ1v) is 5.79. The molecule has 0 aromatic carbocycles. The van der Waals surface area contributed by atoms with E-state index in [1.54, 1.807) is 12.4 Å². The molecule has 2 rings (SSSR count). The molecule has 2 atom stereocenters. The number of piperidine rings is 1. The van der Waals surface area contributed by atoms with E-state index in [1.807, 2.05) is 0 Å². The number of aromatic nitrogens is 2. The van der Waals surface area contributed by atoms with E-state index >= 15 is 0 Å². The van der Waals surface area contributed by atoms with E-state index < -0.39 is 0 Å². The zero-order chi connectivity index (χ0) is 10.8. The Kier molecular flexibility index (Phi) is 3.10. The van der Waals surface area contributed by atoms with Crippen LogP contribution in [-0.2, 0) is 0 Å². The van der Waals surface area contributed by atoms with Gasteiger partial charge in [-0.1, -0.05) is 18.5 Å². The fourth-order valence-electron chi connectivity index (χ4n) is 2.08. The SMILES string of the molecule is CC1CCC(C)N(c2cncc(Cl)n2)C1. The normalized spacial score (nSPS) is 26.7. The third-order valence-electron chi connectivity index (χ3n) is 3.00. The van der Waals surface area contributed by atoms with Crippen molar-refractivity contribution in [1.29, 1.82) is 0 Å². The highest BCUT2D eigenvalue weighted by molar-refractivity contribution is 6.29. The van der Waals surface area contributed by atoms with E-state index in [9.17, 15) is 0 Å². The Morgan fingerprint density at radius 2 is 2.13 bits per heavy atom. The summed E-state index contributed by atoms with van der Waals surface area (Å²) in [6, 6.07) is 0.536. The van der Waals surface area contributed by atoms with Crippen LogP contribution in [-0.4, -0.2) is 22.6 Å². The van der Waals surface area contributed by atoms with Crippen molar-refractivity contribution >= 4 is 17.4 Å². The average molecular weight is 226 g/mol. The van der Waals surface area contributed by atoms with Gasteiger partial charge in [0.1, 0.15) is 11.0 Å². The Bertz CT molecular complexity index is 342. The number of nitrogens with zero attached hydrogens (tertiary/aromatic N) is 3. The van der Waals surface area contributed by atoms with Crippen molar-refractivity contribution in [3.05, 3.63) is 17.5 Å². The van der Waals surface area contributed by atoms with E-state index in [0.29, 0.717) is 11.2 Å². The molecule has 0 spiro atoms. The zero-order valence-corrected chi connectivity index (χ0v) is 9.91. The Labute approximate surface area is 95.5 Å². The lowest BCUT2D eigenvalue weighted by atomic mass is 9.95. The molecule has 0 saturated carbocycles. The first-order valence-electron chi connectivity index (χ1n) is 5.41. The number of hydrogen-bond acceptors (Lipinski definition) is 3. The van der Waals surface area contributed by atoms with Gasteiger partial charge in [-0.3, -0.25) is 4.98 Å². The second kappa shape index (κ2) is 4.35. The van der Waals surface area contributed by atoms with Gasteiger partial charge < -0.3 is 4.90 Å². The predicted molar refractivity (Wildman–Crippen MR) is 62.2 cm³/mol. The zero-order valence-electron chi connectivity index (χ0n) is 9.15. The molecule has 0 N–H and O–H groups in total. The van der Waals surface area contributed by atoms with Crippen molar-refractivity contribution in [1.82, 2.24) is 9.97 Å². The monoisotopic (exact) mass is 225 g/mol. The van der Waals surface area contributed by atoms with Crippen LogP contribution in [0.25, 0.3) is 0 Å². The molecule has 0 radical (unpaired) electrons. The van der Waals surface area contributed by atoms with Gasteiger partial charge in [0.05, 0.1) is 12.4 Å². The van der Waals surface area contributed by atoms with E-state index in [2.05, 4.69) is 28.7 Å². The van der Waals surface area contributed by atoms with Crippen molar-refractivity contribution in [2.45, 2.75) is 32.7 Å². The summed E-state index contributed by atoms with van der Waals surface area (Å²) in [5, 5.41) is 0.470. The molecule has 2 unspecified atom stereocenters. The maximum absolute atomic E-state index is 5.85. The van der Waals surface area contributed by atoms with E-state index in [1.165, 1.54) is 12.8 Å². The van der Waals surface area contributed by atoms with Gasteiger partial charge in [0.25, 0.3) is 0 Å². The van der Waals surface area contributed by atoms with Crippen molar-refractivity contribution < 1.29 is 0 Å². The minimum atomic E-state index is 0.470. The van der Waals surface area contributed by atoms with Crippen molar-refractivity contribution in [3.63, 3.8) is 0 Å². The van der Waals surface area contributed by atoms with Gasteiger partial charge in [-0.15, -0.1) is 0 Å². The summed E-state index contributed by atoms with van der Waals surface area (Å²) in [5.41, 5.74) is 0. The van der Waals surface area contributed by atoms with Crippen LogP contribution in [0.4, 0.5) is 5.82 Å². The highest BCUT2D eigenvalue weighted by Gasteiger charge is 2.24. The van der Waals surface area contributed by atoms with Crippen LogP contribution in [0, 0.1) is 5.92 Å². The lowest BCUT2D eigenvalue weighted by Crippen LogP contribution is -2.41. The number of anilines is 1. The first kappa shape index (κ1) is 10.7. The molecule has 1 aliphatic rings. The third kappa shape index (κ3) is 2.40. The summed E-state index contributed by atoms with van der Waals surface area (Å²) in [6.45, 7) is 5.56. The van der Waals surface area contributed by atoms with Crippen LogP contribution in [0.3, 0.4) is 0 Å². The van der Waals surface area contributed by atoms with Crippen molar-refractivity contribution in [2.75, 3.05) is 11.4 Å². The molecule has 82 valence electrons. The molecule has 0 amide bonds. The van der Waals surface area contributed by atoms with Crippen LogP contribution in [0.15, 0.2) is 12.4 Å². The third-order valence-corrected chi connectivity index (χ3v) is 3.19. The van der Waals surface area contributed by atoms with Crippen LogP contribution >= 0.6 is 11.6 Å². The molecule has 1 saturated heterocycles. The summed E-state index contributed by atoms with van der Waals surface area (Å²) in [6.07, 6.45) is 5.88. The summed E-state index contributed by atoms with van der Waals surface area (Å²) in [7, 11) is 0. The lowest BCUT2D eigenvalue weighted by Gasteiger charge is -2.37. The standard InChI is InChI=1S/C11H16ClN3/c1-8-3-4-9(2)15(7-8)11-6-13-5-10(12)14-11/h5-6,8-9H,3-4,7H2,1-2H3. The van der Waals surface area contributed by atoms with Gasteiger partial charge in [-0.2, -0.15) is 0 Å². The Morgan fingerprint density at radius 1 is 1.33 bits per heavy atom. The molecule has 2 heterocycles. The van der Waals surface area contributed by atoms with Gasteiger partial charge in [0, 0.05) is 12.6 Å². The Hall–Kier alpha value is -0.830. The van der Waals surface area contributed by atoms with Gasteiger partial charge >= 0.3 is 0 Å². The quantitative estimate of drug-likeness (QED) is 0.736. The summed E-state index contributed by atoms with van der Waals surface area (Å²) >= 11 is 5.85. The molecule has 1 aromatic rings. The number of halogens is 1. The first-order chi connectivity index (χ1) is 7.16. The smallest absolute Gasteiger partial charge is 0.149 e. The summed E-state index contributed by atoms with van der Waals surface area (Å²) in [5.74, 6) is 1.63. The highest BCUT2D eigenvalue weighted by atomic mass is 35.5. The Balaban J connectivity index is 2.21. The minimum Gasteiger partial charge on any atom is -0.352 e. The fourth-order valence-corrected chi connectivity index (χ4v) is 2.22. The van der Waals surface area contributed by atoms with Crippen LogP contribution < -0.4 is 4.90 Å². The highest BCUT2D eigenvalue weighted by Crippen LogP contribution is 2.26. The maximum atomic E-state index is 5.85. The van der Waals surface area contributed by atoms with Crippen molar-refractivity contribution in [3.8, 4) is 0 Å². The second-order valence-corrected chi connectivity index (χ2v) is 4.77. The van der Waals surface area contributed by atoms with E-state index in [0.717, 1.165) is 18.3 Å². The topological polar surface area (TPSA) is 29.0 Å². The molecule has 0 bridgehead atoms. The largest absolute Gasteiger partial charge is 0.352 e. The maximum Gasteiger partial charge on any atom is 0.149 e. The van der Waals surface area contributed by atoms with Crippen LogP contribution in [0.1, 0.15) is 26.7 Å².